The highest BCUT2D eigenvalue weighted by Crippen LogP contribution is 2.31. The average Bonchev–Trinajstić information content (AvgIpc) is 2.38. The standard InChI is InChI=1S/C14H20N2O5/c1-4-10(14(17)18)8-15-11-5-6-12(16(19)20)13(7-11)21-9(2)3/h5-7,9-10,15H,4,8H2,1-3H3,(H,17,18). The van der Waals surface area contributed by atoms with Gasteiger partial charge in [-0.1, -0.05) is 6.92 Å². The monoisotopic (exact) mass is 296 g/mol. The first kappa shape index (κ1) is 16.7. The van der Waals surface area contributed by atoms with Crippen LogP contribution in [0.15, 0.2) is 18.2 Å². The van der Waals surface area contributed by atoms with Gasteiger partial charge >= 0.3 is 11.7 Å². The summed E-state index contributed by atoms with van der Waals surface area (Å²) in [6.45, 7) is 5.61. The molecule has 7 heteroatoms. The molecule has 0 aromatic heterocycles. The van der Waals surface area contributed by atoms with E-state index in [1.54, 1.807) is 26.8 Å². The highest BCUT2D eigenvalue weighted by molar-refractivity contribution is 5.71. The molecule has 1 aromatic carbocycles. The largest absolute Gasteiger partial charge is 0.484 e. The van der Waals surface area contributed by atoms with Gasteiger partial charge in [-0.2, -0.15) is 0 Å². The molecule has 7 nitrogen and oxygen atoms in total. The fraction of sp³-hybridized carbons (Fsp3) is 0.500. The Morgan fingerprint density at radius 2 is 2.14 bits per heavy atom. The number of carboxylic acid groups (broad SMARTS) is 1. The number of nitrogens with one attached hydrogen (secondary N) is 1. The Morgan fingerprint density at radius 1 is 1.48 bits per heavy atom. The van der Waals surface area contributed by atoms with Crippen LogP contribution in [0, 0.1) is 16.0 Å². The predicted octanol–water partition coefficient (Wildman–Crippen LogP) is 2.90. The Balaban J connectivity index is 2.89. The number of hydrogen-bond donors (Lipinski definition) is 2. The number of rotatable bonds is 8. The van der Waals surface area contributed by atoms with Gasteiger partial charge < -0.3 is 15.2 Å². The molecule has 1 rings (SSSR count). The minimum Gasteiger partial charge on any atom is -0.484 e. The summed E-state index contributed by atoms with van der Waals surface area (Å²) in [6, 6.07) is 4.41. The van der Waals surface area contributed by atoms with Crippen LogP contribution in [0.5, 0.6) is 5.75 Å². The number of nitro benzene ring substituents is 1. The topological polar surface area (TPSA) is 102 Å². The van der Waals surface area contributed by atoms with Crippen LogP contribution in [0.2, 0.25) is 0 Å². The van der Waals surface area contributed by atoms with Gasteiger partial charge in [0.2, 0.25) is 0 Å². The van der Waals surface area contributed by atoms with E-state index in [-0.39, 0.29) is 24.1 Å². The molecule has 116 valence electrons. The summed E-state index contributed by atoms with van der Waals surface area (Å²) in [5, 5.41) is 22.9. The van der Waals surface area contributed by atoms with Crippen LogP contribution >= 0.6 is 0 Å². The number of ether oxygens (including phenoxy) is 1. The Labute approximate surface area is 123 Å². The number of nitro groups is 1. The number of aliphatic carboxylic acids is 1. The number of anilines is 1. The van der Waals surface area contributed by atoms with E-state index in [2.05, 4.69) is 5.32 Å². The van der Waals surface area contributed by atoms with Gasteiger partial charge in [0.05, 0.1) is 16.9 Å². The first-order valence-electron chi connectivity index (χ1n) is 6.76. The molecule has 0 heterocycles. The first-order valence-corrected chi connectivity index (χ1v) is 6.76. The van der Waals surface area contributed by atoms with Crippen LogP contribution in [0.3, 0.4) is 0 Å². The van der Waals surface area contributed by atoms with E-state index < -0.39 is 16.8 Å². The maximum Gasteiger partial charge on any atom is 0.311 e. The summed E-state index contributed by atoms with van der Waals surface area (Å²) in [7, 11) is 0. The van der Waals surface area contributed by atoms with Crippen molar-refractivity contribution in [2.24, 2.45) is 5.92 Å². The molecule has 1 aromatic rings. The van der Waals surface area contributed by atoms with Gasteiger partial charge in [-0.05, 0) is 26.3 Å². The van der Waals surface area contributed by atoms with Crippen molar-refractivity contribution in [2.75, 3.05) is 11.9 Å². The molecule has 0 saturated heterocycles. The molecule has 0 aliphatic heterocycles. The summed E-state index contributed by atoms with van der Waals surface area (Å²) >= 11 is 0. The Hall–Kier alpha value is -2.31. The van der Waals surface area contributed by atoms with Crippen LogP contribution in [0.1, 0.15) is 27.2 Å². The third-order valence-corrected chi connectivity index (χ3v) is 2.91. The smallest absolute Gasteiger partial charge is 0.311 e. The molecule has 0 saturated carbocycles. The quantitative estimate of drug-likeness (QED) is 0.565. The van der Waals surface area contributed by atoms with E-state index in [1.165, 1.54) is 12.1 Å². The van der Waals surface area contributed by atoms with Crippen molar-refractivity contribution in [1.82, 2.24) is 0 Å². The second-order valence-electron chi connectivity index (χ2n) is 4.93. The number of carboxylic acids is 1. The lowest BCUT2D eigenvalue weighted by molar-refractivity contribution is -0.386. The molecule has 1 unspecified atom stereocenters. The summed E-state index contributed by atoms with van der Waals surface area (Å²) < 4.78 is 5.43. The zero-order chi connectivity index (χ0) is 16.0. The average molecular weight is 296 g/mol. The summed E-state index contributed by atoms with van der Waals surface area (Å²) in [5.41, 5.74) is 0.482. The molecular formula is C14H20N2O5. The van der Waals surface area contributed by atoms with Gasteiger partial charge in [-0.25, -0.2) is 0 Å². The zero-order valence-corrected chi connectivity index (χ0v) is 12.3. The van der Waals surface area contributed by atoms with E-state index >= 15 is 0 Å². The maximum atomic E-state index is 11.0. The van der Waals surface area contributed by atoms with Gasteiger partial charge in [0.25, 0.3) is 0 Å². The molecule has 2 N–H and O–H groups in total. The number of hydrogen-bond acceptors (Lipinski definition) is 5. The summed E-state index contributed by atoms with van der Waals surface area (Å²) in [6.07, 6.45) is 0.311. The molecule has 21 heavy (non-hydrogen) atoms. The van der Waals surface area contributed by atoms with E-state index in [0.29, 0.717) is 12.1 Å². The van der Waals surface area contributed by atoms with Gasteiger partial charge in [0, 0.05) is 24.4 Å². The van der Waals surface area contributed by atoms with Crippen LogP contribution in [-0.4, -0.2) is 28.6 Å². The second kappa shape index (κ2) is 7.47. The zero-order valence-electron chi connectivity index (χ0n) is 12.3. The lowest BCUT2D eigenvalue weighted by Gasteiger charge is -2.14. The van der Waals surface area contributed by atoms with Gasteiger partial charge in [-0.3, -0.25) is 14.9 Å². The molecule has 1 atom stereocenters. The van der Waals surface area contributed by atoms with Crippen molar-refractivity contribution in [1.29, 1.82) is 0 Å². The van der Waals surface area contributed by atoms with Crippen molar-refractivity contribution in [2.45, 2.75) is 33.3 Å². The molecule has 0 aliphatic rings. The molecule has 0 spiro atoms. The number of benzene rings is 1. The van der Waals surface area contributed by atoms with Crippen LogP contribution < -0.4 is 10.1 Å². The number of nitrogens with zero attached hydrogens (tertiary/aromatic N) is 1. The fourth-order valence-electron chi connectivity index (χ4n) is 1.77. The third kappa shape index (κ3) is 4.94. The summed E-state index contributed by atoms with van der Waals surface area (Å²) in [4.78, 5) is 21.4. The molecule has 0 fully saturated rings. The molecular weight excluding hydrogens is 276 g/mol. The van der Waals surface area contributed by atoms with Crippen molar-refractivity contribution >= 4 is 17.3 Å². The van der Waals surface area contributed by atoms with Gasteiger partial charge in [-0.15, -0.1) is 0 Å². The maximum absolute atomic E-state index is 11.0. The van der Waals surface area contributed by atoms with Crippen molar-refractivity contribution in [3.8, 4) is 5.75 Å². The Kier molecular flexibility index (Phi) is 5.95. The van der Waals surface area contributed by atoms with E-state index in [0.717, 1.165) is 0 Å². The second-order valence-corrected chi connectivity index (χ2v) is 4.93. The molecule has 0 bridgehead atoms. The van der Waals surface area contributed by atoms with Gasteiger partial charge in [0.15, 0.2) is 5.75 Å². The van der Waals surface area contributed by atoms with E-state index in [4.69, 9.17) is 9.84 Å². The summed E-state index contributed by atoms with van der Waals surface area (Å²) in [5.74, 6) is -1.21. The van der Waals surface area contributed by atoms with E-state index in [1.807, 2.05) is 0 Å². The molecule has 0 radical (unpaired) electrons. The minimum atomic E-state index is -0.870. The highest BCUT2D eigenvalue weighted by Gasteiger charge is 2.18. The van der Waals surface area contributed by atoms with E-state index in [9.17, 15) is 14.9 Å². The third-order valence-electron chi connectivity index (χ3n) is 2.91. The van der Waals surface area contributed by atoms with Gasteiger partial charge in [0.1, 0.15) is 0 Å². The number of carbonyl (C=O) groups is 1. The first-order chi connectivity index (χ1) is 9.85. The normalized spacial score (nSPS) is 12.0. The van der Waals surface area contributed by atoms with Crippen molar-refractivity contribution in [3.63, 3.8) is 0 Å². The lowest BCUT2D eigenvalue weighted by atomic mass is 10.1. The van der Waals surface area contributed by atoms with Crippen LogP contribution in [0.4, 0.5) is 11.4 Å². The lowest BCUT2D eigenvalue weighted by Crippen LogP contribution is -2.22. The molecule has 0 amide bonds. The fourth-order valence-corrected chi connectivity index (χ4v) is 1.77. The predicted molar refractivity (Wildman–Crippen MR) is 78.8 cm³/mol. The Bertz CT molecular complexity index is 516. The highest BCUT2D eigenvalue weighted by atomic mass is 16.6. The van der Waals surface area contributed by atoms with Crippen LogP contribution in [0.25, 0.3) is 0 Å². The SMILES string of the molecule is CCC(CNc1ccc([N+](=O)[O-])c(OC(C)C)c1)C(=O)O. The molecule has 0 aliphatic carbocycles. The van der Waals surface area contributed by atoms with Crippen molar-refractivity contribution in [3.05, 3.63) is 28.3 Å². The van der Waals surface area contributed by atoms with Crippen LogP contribution in [-0.2, 0) is 4.79 Å². The minimum absolute atomic E-state index is 0.112. The van der Waals surface area contributed by atoms with Crippen molar-refractivity contribution < 1.29 is 19.6 Å². The Morgan fingerprint density at radius 3 is 2.62 bits per heavy atom.